The van der Waals surface area contributed by atoms with Gasteiger partial charge in [-0.15, -0.1) is 0 Å². The van der Waals surface area contributed by atoms with Crippen molar-refractivity contribution in [1.82, 2.24) is 15.1 Å². The van der Waals surface area contributed by atoms with Crippen LogP contribution < -0.4 is 5.32 Å². The summed E-state index contributed by atoms with van der Waals surface area (Å²) in [6.07, 6.45) is -4.27. The number of carbonyl (C=O) groups is 2. The van der Waals surface area contributed by atoms with Crippen LogP contribution in [0.2, 0.25) is 0 Å². The van der Waals surface area contributed by atoms with Gasteiger partial charge in [0.1, 0.15) is 0 Å². The first-order chi connectivity index (χ1) is 9.73. The smallest absolute Gasteiger partial charge is 0.401 e. The topological polar surface area (TPSA) is 82.1 Å². The SMILES string of the molecule is COCC(NC(=O)N1CCN(CC(F)(F)F)CC1)C(=O)O. The molecule has 1 aliphatic heterocycles. The molecule has 10 heteroatoms. The highest BCUT2D eigenvalue weighted by Gasteiger charge is 2.33. The molecule has 7 nitrogen and oxygen atoms in total. The van der Waals surface area contributed by atoms with Gasteiger partial charge in [0.15, 0.2) is 6.04 Å². The Kier molecular flexibility index (Phi) is 6.21. The zero-order valence-corrected chi connectivity index (χ0v) is 11.5. The van der Waals surface area contributed by atoms with Gasteiger partial charge >= 0.3 is 18.2 Å². The minimum Gasteiger partial charge on any atom is -0.480 e. The summed E-state index contributed by atoms with van der Waals surface area (Å²) in [4.78, 5) is 25.2. The van der Waals surface area contributed by atoms with Gasteiger partial charge in [0.2, 0.25) is 0 Å². The molecule has 0 aromatic rings. The van der Waals surface area contributed by atoms with E-state index in [0.29, 0.717) is 0 Å². The van der Waals surface area contributed by atoms with Gasteiger partial charge in [-0.3, -0.25) is 4.90 Å². The number of hydrogen-bond donors (Lipinski definition) is 2. The van der Waals surface area contributed by atoms with E-state index >= 15 is 0 Å². The van der Waals surface area contributed by atoms with Crippen LogP contribution >= 0.6 is 0 Å². The minimum atomic E-state index is -4.27. The van der Waals surface area contributed by atoms with Crippen molar-refractivity contribution in [3.05, 3.63) is 0 Å². The van der Waals surface area contributed by atoms with Crippen LogP contribution in [0, 0.1) is 0 Å². The predicted molar refractivity (Wildman–Crippen MR) is 65.9 cm³/mol. The van der Waals surface area contributed by atoms with Gasteiger partial charge in [-0.1, -0.05) is 0 Å². The Labute approximate surface area is 119 Å². The predicted octanol–water partition coefficient (Wildman–Crippen LogP) is -0.0245. The summed E-state index contributed by atoms with van der Waals surface area (Å²) in [5.74, 6) is -1.24. The van der Waals surface area contributed by atoms with Crippen molar-refractivity contribution >= 4 is 12.0 Å². The Morgan fingerprint density at radius 2 is 1.86 bits per heavy atom. The first-order valence-electron chi connectivity index (χ1n) is 6.29. The number of piperazine rings is 1. The van der Waals surface area contributed by atoms with E-state index in [0.717, 1.165) is 0 Å². The van der Waals surface area contributed by atoms with Crippen LogP contribution in [0.3, 0.4) is 0 Å². The lowest BCUT2D eigenvalue weighted by Crippen LogP contribution is -2.56. The fraction of sp³-hybridized carbons (Fsp3) is 0.818. The van der Waals surface area contributed by atoms with E-state index in [1.54, 1.807) is 0 Å². The molecule has 0 aromatic heterocycles. The van der Waals surface area contributed by atoms with E-state index in [9.17, 15) is 22.8 Å². The van der Waals surface area contributed by atoms with Gasteiger partial charge in [-0.05, 0) is 0 Å². The minimum absolute atomic E-state index is 0.0922. The van der Waals surface area contributed by atoms with Gasteiger partial charge in [-0.25, -0.2) is 9.59 Å². The quantitative estimate of drug-likeness (QED) is 0.745. The van der Waals surface area contributed by atoms with Crippen molar-refractivity contribution in [3.63, 3.8) is 0 Å². The van der Waals surface area contributed by atoms with E-state index in [4.69, 9.17) is 5.11 Å². The summed E-state index contributed by atoms with van der Waals surface area (Å²) in [5, 5.41) is 11.1. The third-order valence-corrected chi connectivity index (χ3v) is 2.99. The van der Waals surface area contributed by atoms with E-state index < -0.39 is 30.8 Å². The molecule has 1 aliphatic rings. The number of carboxylic acids is 1. The molecule has 1 atom stereocenters. The number of carboxylic acid groups (broad SMARTS) is 1. The van der Waals surface area contributed by atoms with Crippen LogP contribution in [-0.2, 0) is 9.53 Å². The summed E-state index contributed by atoms with van der Waals surface area (Å²) in [5.41, 5.74) is 0. The number of carbonyl (C=O) groups excluding carboxylic acids is 1. The second-order valence-electron chi connectivity index (χ2n) is 4.67. The zero-order valence-electron chi connectivity index (χ0n) is 11.5. The highest BCUT2D eigenvalue weighted by molar-refractivity contribution is 5.82. The van der Waals surface area contributed by atoms with Crippen LogP contribution in [0.5, 0.6) is 0 Å². The molecule has 2 N–H and O–H groups in total. The molecule has 1 saturated heterocycles. The van der Waals surface area contributed by atoms with E-state index in [1.807, 2.05) is 0 Å². The maximum atomic E-state index is 12.2. The Morgan fingerprint density at radius 1 is 1.29 bits per heavy atom. The lowest BCUT2D eigenvalue weighted by atomic mass is 10.3. The number of ether oxygens (including phenoxy) is 1. The fourth-order valence-corrected chi connectivity index (χ4v) is 1.94. The molecule has 0 bridgehead atoms. The van der Waals surface area contributed by atoms with Crippen molar-refractivity contribution in [1.29, 1.82) is 0 Å². The van der Waals surface area contributed by atoms with Crippen molar-refractivity contribution in [3.8, 4) is 0 Å². The molecule has 0 aliphatic carbocycles. The zero-order chi connectivity index (χ0) is 16.0. The van der Waals surface area contributed by atoms with Gasteiger partial charge in [0, 0.05) is 33.3 Å². The maximum absolute atomic E-state index is 12.2. The molecular weight excluding hydrogens is 295 g/mol. The number of hydrogen-bond acceptors (Lipinski definition) is 4. The van der Waals surface area contributed by atoms with Gasteiger partial charge in [-0.2, -0.15) is 13.2 Å². The van der Waals surface area contributed by atoms with E-state index in [2.05, 4.69) is 10.1 Å². The van der Waals surface area contributed by atoms with Crippen LogP contribution in [0.25, 0.3) is 0 Å². The van der Waals surface area contributed by atoms with E-state index in [-0.39, 0.29) is 32.8 Å². The molecule has 0 radical (unpaired) electrons. The van der Waals surface area contributed by atoms with Crippen molar-refractivity contribution in [2.24, 2.45) is 0 Å². The van der Waals surface area contributed by atoms with Crippen molar-refractivity contribution in [2.45, 2.75) is 12.2 Å². The molecule has 1 heterocycles. The molecule has 2 amide bonds. The maximum Gasteiger partial charge on any atom is 0.401 e. The average molecular weight is 313 g/mol. The second-order valence-corrected chi connectivity index (χ2v) is 4.67. The lowest BCUT2D eigenvalue weighted by Gasteiger charge is -2.35. The Hall–Kier alpha value is -1.55. The Balaban J connectivity index is 2.42. The van der Waals surface area contributed by atoms with Crippen LogP contribution in [0.15, 0.2) is 0 Å². The Morgan fingerprint density at radius 3 is 2.29 bits per heavy atom. The lowest BCUT2D eigenvalue weighted by molar-refractivity contribution is -0.148. The number of rotatable bonds is 5. The third-order valence-electron chi connectivity index (χ3n) is 2.99. The van der Waals surface area contributed by atoms with Crippen molar-refractivity contribution < 1.29 is 32.6 Å². The molecule has 0 aromatic carbocycles. The first kappa shape index (κ1) is 17.5. The number of nitrogens with zero attached hydrogens (tertiary/aromatic N) is 2. The molecule has 21 heavy (non-hydrogen) atoms. The number of alkyl halides is 3. The molecule has 1 fully saturated rings. The van der Waals surface area contributed by atoms with Crippen LogP contribution in [0.4, 0.5) is 18.0 Å². The number of methoxy groups -OCH3 is 1. The number of halogens is 3. The highest BCUT2D eigenvalue weighted by Crippen LogP contribution is 2.17. The fourth-order valence-electron chi connectivity index (χ4n) is 1.94. The number of urea groups is 1. The van der Waals surface area contributed by atoms with Crippen LogP contribution in [-0.4, -0.2) is 85.6 Å². The number of amides is 2. The first-order valence-corrected chi connectivity index (χ1v) is 6.29. The third kappa shape index (κ3) is 6.17. The summed E-state index contributed by atoms with van der Waals surface area (Å²) < 4.78 is 41.4. The summed E-state index contributed by atoms with van der Waals surface area (Å²) in [6, 6.07) is -1.80. The summed E-state index contributed by atoms with van der Waals surface area (Å²) in [7, 11) is 1.30. The molecule has 0 saturated carbocycles. The average Bonchev–Trinajstić information content (AvgIpc) is 2.36. The largest absolute Gasteiger partial charge is 0.480 e. The molecule has 122 valence electrons. The highest BCUT2D eigenvalue weighted by atomic mass is 19.4. The molecular formula is C11H18F3N3O4. The second kappa shape index (κ2) is 7.46. The van der Waals surface area contributed by atoms with Gasteiger partial charge < -0.3 is 20.1 Å². The standard InChI is InChI=1S/C11H18F3N3O4/c1-21-6-8(9(18)19)15-10(20)17-4-2-16(3-5-17)7-11(12,13)14/h8H,2-7H2,1H3,(H,15,20)(H,18,19). The molecule has 0 spiro atoms. The van der Waals surface area contributed by atoms with Crippen LogP contribution in [0.1, 0.15) is 0 Å². The van der Waals surface area contributed by atoms with Crippen molar-refractivity contribution in [2.75, 3.05) is 46.4 Å². The monoisotopic (exact) mass is 313 g/mol. The van der Waals surface area contributed by atoms with E-state index in [1.165, 1.54) is 16.9 Å². The number of aliphatic carboxylic acids is 1. The van der Waals surface area contributed by atoms with Gasteiger partial charge in [0.05, 0.1) is 13.2 Å². The molecule has 1 rings (SSSR count). The number of nitrogens with one attached hydrogen (secondary N) is 1. The Bertz CT molecular complexity index is 370. The molecule has 1 unspecified atom stereocenters. The summed E-state index contributed by atoms with van der Waals surface area (Å²) >= 11 is 0. The summed E-state index contributed by atoms with van der Waals surface area (Å²) in [6.45, 7) is -0.786. The normalized spacial score (nSPS) is 18.4. The van der Waals surface area contributed by atoms with Gasteiger partial charge in [0.25, 0.3) is 0 Å².